The summed E-state index contributed by atoms with van der Waals surface area (Å²) in [6.45, 7) is 2.73. The molecule has 0 amide bonds. The first kappa shape index (κ1) is 12.8. The van der Waals surface area contributed by atoms with Crippen molar-refractivity contribution in [2.45, 2.75) is 13.0 Å². The summed E-state index contributed by atoms with van der Waals surface area (Å²) >= 11 is 0. The lowest BCUT2D eigenvalue weighted by Gasteiger charge is -2.19. The van der Waals surface area contributed by atoms with E-state index in [1.807, 2.05) is 36.4 Å². The third-order valence-corrected chi connectivity index (χ3v) is 3.37. The molecular weight excluding hydrogens is 254 g/mol. The van der Waals surface area contributed by atoms with E-state index in [1.165, 1.54) is 5.56 Å². The maximum Gasteiger partial charge on any atom is 0.231 e. The molecule has 0 spiro atoms. The van der Waals surface area contributed by atoms with E-state index in [0.29, 0.717) is 12.3 Å². The predicted octanol–water partition coefficient (Wildman–Crippen LogP) is 2.80. The van der Waals surface area contributed by atoms with Crippen LogP contribution in [0.2, 0.25) is 0 Å². The largest absolute Gasteiger partial charge is 0.484 e. The van der Waals surface area contributed by atoms with E-state index in [2.05, 4.69) is 13.0 Å². The van der Waals surface area contributed by atoms with Crippen molar-refractivity contribution in [1.29, 1.82) is 0 Å². The molecule has 2 aromatic rings. The SMILES string of the molecule is Cc1ccccc1C(CN)Oc1ccc2c(c1)OCO2. The molecule has 1 aliphatic rings. The van der Waals surface area contributed by atoms with Crippen LogP contribution in [0.15, 0.2) is 42.5 Å². The van der Waals surface area contributed by atoms with Crippen LogP contribution in [0.25, 0.3) is 0 Å². The van der Waals surface area contributed by atoms with Gasteiger partial charge in [-0.2, -0.15) is 0 Å². The Morgan fingerprint density at radius 3 is 2.75 bits per heavy atom. The van der Waals surface area contributed by atoms with Gasteiger partial charge >= 0.3 is 0 Å². The molecule has 0 bridgehead atoms. The minimum absolute atomic E-state index is 0.170. The highest BCUT2D eigenvalue weighted by Gasteiger charge is 2.17. The Morgan fingerprint density at radius 2 is 1.95 bits per heavy atom. The Bertz CT molecular complexity index is 612. The van der Waals surface area contributed by atoms with Gasteiger partial charge in [-0.25, -0.2) is 0 Å². The Kier molecular flexibility index (Phi) is 3.48. The lowest BCUT2D eigenvalue weighted by molar-refractivity contribution is 0.173. The second-order valence-corrected chi connectivity index (χ2v) is 4.71. The Labute approximate surface area is 118 Å². The van der Waals surface area contributed by atoms with E-state index >= 15 is 0 Å². The van der Waals surface area contributed by atoms with Crippen molar-refractivity contribution in [2.75, 3.05) is 13.3 Å². The molecule has 2 aromatic carbocycles. The summed E-state index contributed by atoms with van der Waals surface area (Å²) in [7, 11) is 0. The molecule has 0 aromatic heterocycles. The first-order valence-electron chi connectivity index (χ1n) is 6.60. The van der Waals surface area contributed by atoms with Gasteiger partial charge in [0.1, 0.15) is 11.9 Å². The molecule has 0 saturated carbocycles. The van der Waals surface area contributed by atoms with Crippen LogP contribution in [0.3, 0.4) is 0 Å². The van der Waals surface area contributed by atoms with Crippen LogP contribution in [0.1, 0.15) is 17.2 Å². The van der Waals surface area contributed by atoms with Crippen molar-refractivity contribution < 1.29 is 14.2 Å². The van der Waals surface area contributed by atoms with E-state index in [9.17, 15) is 0 Å². The number of hydrogen-bond donors (Lipinski definition) is 1. The fourth-order valence-corrected chi connectivity index (χ4v) is 2.30. The molecule has 0 aliphatic carbocycles. The average Bonchev–Trinajstić information content (AvgIpc) is 2.93. The van der Waals surface area contributed by atoms with E-state index < -0.39 is 0 Å². The van der Waals surface area contributed by atoms with Crippen molar-refractivity contribution in [3.63, 3.8) is 0 Å². The highest BCUT2D eigenvalue weighted by molar-refractivity contribution is 5.47. The zero-order valence-electron chi connectivity index (χ0n) is 11.3. The zero-order chi connectivity index (χ0) is 13.9. The lowest BCUT2D eigenvalue weighted by atomic mass is 10.0. The summed E-state index contributed by atoms with van der Waals surface area (Å²) < 4.78 is 16.6. The second kappa shape index (κ2) is 5.43. The van der Waals surface area contributed by atoms with Crippen LogP contribution in [0, 0.1) is 6.92 Å². The third kappa shape index (κ3) is 2.42. The second-order valence-electron chi connectivity index (χ2n) is 4.71. The summed E-state index contributed by atoms with van der Waals surface area (Å²) in [5.41, 5.74) is 8.13. The fraction of sp³-hybridized carbons (Fsp3) is 0.250. The van der Waals surface area contributed by atoms with Gasteiger partial charge < -0.3 is 19.9 Å². The molecule has 0 fully saturated rings. The maximum absolute atomic E-state index is 6.00. The minimum atomic E-state index is -0.170. The summed E-state index contributed by atoms with van der Waals surface area (Å²) in [4.78, 5) is 0. The molecule has 0 radical (unpaired) electrons. The third-order valence-electron chi connectivity index (χ3n) is 3.37. The van der Waals surface area contributed by atoms with Gasteiger partial charge in [-0.15, -0.1) is 0 Å². The molecule has 4 nitrogen and oxygen atoms in total. The van der Waals surface area contributed by atoms with Crippen LogP contribution < -0.4 is 19.9 Å². The quantitative estimate of drug-likeness (QED) is 0.929. The highest BCUT2D eigenvalue weighted by Crippen LogP contribution is 2.36. The van der Waals surface area contributed by atoms with Gasteiger partial charge in [0, 0.05) is 12.6 Å². The van der Waals surface area contributed by atoms with E-state index in [1.54, 1.807) is 0 Å². The number of rotatable bonds is 4. The Balaban J connectivity index is 1.83. The molecular formula is C16H17NO3. The number of benzene rings is 2. The van der Waals surface area contributed by atoms with Gasteiger partial charge in [-0.1, -0.05) is 24.3 Å². The first-order chi connectivity index (χ1) is 9.78. The molecule has 4 heteroatoms. The first-order valence-corrected chi connectivity index (χ1v) is 6.60. The smallest absolute Gasteiger partial charge is 0.231 e. The van der Waals surface area contributed by atoms with Gasteiger partial charge in [0.05, 0.1) is 0 Å². The van der Waals surface area contributed by atoms with Crippen molar-refractivity contribution in [3.8, 4) is 17.2 Å². The molecule has 3 rings (SSSR count). The maximum atomic E-state index is 6.00. The van der Waals surface area contributed by atoms with Crippen molar-refractivity contribution in [1.82, 2.24) is 0 Å². The molecule has 1 atom stereocenters. The standard InChI is InChI=1S/C16H17NO3/c1-11-4-2-3-5-13(11)16(9-17)20-12-6-7-14-15(8-12)19-10-18-14/h2-8,16H,9-10,17H2,1H3. The van der Waals surface area contributed by atoms with E-state index in [4.69, 9.17) is 19.9 Å². The van der Waals surface area contributed by atoms with Gasteiger partial charge in [-0.3, -0.25) is 0 Å². The number of ether oxygens (including phenoxy) is 3. The van der Waals surface area contributed by atoms with Crippen LogP contribution in [-0.2, 0) is 0 Å². The van der Waals surface area contributed by atoms with E-state index in [0.717, 1.165) is 17.1 Å². The van der Waals surface area contributed by atoms with Crippen molar-refractivity contribution in [2.24, 2.45) is 5.73 Å². The van der Waals surface area contributed by atoms with Gasteiger partial charge in [0.25, 0.3) is 0 Å². The topological polar surface area (TPSA) is 53.7 Å². The van der Waals surface area contributed by atoms with Gasteiger partial charge in [0.2, 0.25) is 6.79 Å². The molecule has 2 N–H and O–H groups in total. The molecule has 20 heavy (non-hydrogen) atoms. The number of hydrogen-bond acceptors (Lipinski definition) is 4. The monoisotopic (exact) mass is 271 g/mol. The average molecular weight is 271 g/mol. The number of fused-ring (bicyclic) bond motifs is 1. The minimum Gasteiger partial charge on any atom is -0.484 e. The molecule has 1 aliphatic heterocycles. The van der Waals surface area contributed by atoms with Crippen molar-refractivity contribution in [3.05, 3.63) is 53.6 Å². The van der Waals surface area contributed by atoms with Crippen LogP contribution in [-0.4, -0.2) is 13.3 Å². The molecule has 104 valence electrons. The van der Waals surface area contributed by atoms with Crippen molar-refractivity contribution >= 4 is 0 Å². The summed E-state index contributed by atoms with van der Waals surface area (Å²) in [6, 6.07) is 13.7. The summed E-state index contributed by atoms with van der Waals surface area (Å²) in [5.74, 6) is 2.19. The van der Waals surface area contributed by atoms with E-state index in [-0.39, 0.29) is 12.9 Å². The summed E-state index contributed by atoms with van der Waals surface area (Å²) in [6.07, 6.45) is -0.170. The van der Waals surface area contributed by atoms with Crippen LogP contribution >= 0.6 is 0 Å². The normalized spacial score (nSPS) is 14.1. The highest BCUT2D eigenvalue weighted by atomic mass is 16.7. The predicted molar refractivity (Wildman–Crippen MR) is 76.2 cm³/mol. The molecule has 1 heterocycles. The van der Waals surface area contributed by atoms with Crippen LogP contribution in [0.5, 0.6) is 17.2 Å². The molecule has 1 unspecified atom stereocenters. The van der Waals surface area contributed by atoms with Gasteiger partial charge in [0.15, 0.2) is 11.5 Å². The Hall–Kier alpha value is -2.20. The number of nitrogens with two attached hydrogens (primary N) is 1. The lowest BCUT2D eigenvalue weighted by Crippen LogP contribution is -2.19. The van der Waals surface area contributed by atoms with Gasteiger partial charge in [-0.05, 0) is 30.2 Å². The fourth-order valence-electron chi connectivity index (χ4n) is 2.30. The summed E-state index contributed by atoms with van der Waals surface area (Å²) in [5, 5.41) is 0. The van der Waals surface area contributed by atoms with Crippen LogP contribution in [0.4, 0.5) is 0 Å². The molecule has 0 saturated heterocycles. The Morgan fingerprint density at radius 1 is 1.15 bits per heavy atom. The zero-order valence-corrected chi connectivity index (χ0v) is 11.3. The number of aryl methyl sites for hydroxylation is 1.